The van der Waals surface area contributed by atoms with Crippen LogP contribution in [-0.4, -0.2) is 22.0 Å². The van der Waals surface area contributed by atoms with Gasteiger partial charge in [-0.3, -0.25) is 0 Å². The van der Waals surface area contributed by atoms with Gasteiger partial charge in [-0.05, 0) is 24.6 Å². The molecule has 1 aliphatic heterocycles. The molecule has 4 heteroatoms. The van der Waals surface area contributed by atoms with E-state index < -0.39 is 0 Å². The summed E-state index contributed by atoms with van der Waals surface area (Å²) in [5.41, 5.74) is 2.99. The van der Waals surface area contributed by atoms with Crippen molar-refractivity contribution in [2.24, 2.45) is 0 Å². The Labute approximate surface area is 111 Å². The van der Waals surface area contributed by atoms with Gasteiger partial charge in [0.1, 0.15) is 5.52 Å². The molecule has 0 spiro atoms. The number of aryl methyl sites for hydroxylation is 1. The Morgan fingerprint density at radius 3 is 3.11 bits per heavy atom. The summed E-state index contributed by atoms with van der Waals surface area (Å²) < 4.78 is 5.62. The summed E-state index contributed by atoms with van der Waals surface area (Å²) in [6, 6.07) is 6.77. The predicted molar refractivity (Wildman–Crippen MR) is 77.3 cm³/mol. The molecular weight excluding hydrogens is 244 g/mol. The summed E-state index contributed by atoms with van der Waals surface area (Å²) in [6.45, 7) is 4.35. The summed E-state index contributed by atoms with van der Waals surface area (Å²) in [7, 11) is 0. The molecule has 2 atom stereocenters. The molecule has 0 amide bonds. The molecule has 0 aliphatic carbocycles. The number of hydrogen-bond acceptors (Lipinski definition) is 4. The lowest BCUT2D eigenvalue weighted by Gasteiger charge is -2.12. The highest BCUT2D eigenvalue weighted by molar-refractivity contribution is 8.00. The van der Waals surface area contributed by atoms with Crippen LogP contribution in [0.3, 0.4) is 0 Å². The third kappa shape index (κ3) is 2.34. The quantitative estimate of drug-likeness (QED) is 0.915. The number of nitrogens with one attached hydrogen (secondary N) is 1. The van der Waals surface area contributed by atoms with Crippen LogP contribution in [0.5, 0.6) is 0 Å². The van der Waals surface area contributed by atoms with Gasteiger partial charge in [0.15, 0.2) is 11.5 Å². The SMILES string of the molecule is CCc1nc2cc(NC3CSC(C)C3)ccc2o1. The van der Waals surface area contributed by atoms with Gasteiger partial charge in [0.25, 0.3) is 0 Å². The van der Waals surface area contributed by atoms with Crippen molar-refractivity contribution in [3.8, 4) is 0 Å². The largest absolute Gasteiger partial charge is 0.441 e. The van der Waals surface area contributed by atoms with Gasteiger partial charge in [-0.15, -0.1) is 0 Å². The van der Waals surface area contributed by atoms with E-state index in [4.69, 9.17) is 4.42 Å². The van der Waals surface area contributed by atoms with Crippen LogP contribution >= 0.6 is 11.8 Å². The van der Waals surface area contributed by atoms with Crippen LogP contribution in [-0.2, 0) is 6.42 Å². The Kier molecular flexibility index (Phi) is 3.20. The van der Waals surface area contributed by atoms with Gasteiger partial charge < -0.3 is 9.73 Å². The smallest absolute Gasteiger partial charge is 0.195 e. The zero-order chi connectivity index (χ0) is 12.5. The van der Waals surface area contributed by atoms with Crippen LogP contribution in [0.1, 0.15) is 26.2 Å². The van der Waals surface area contributed by atoms with Gasteiger partial charge in [-0.2, -0.15) is 11.8 Å². The lowest BCUT2D eigenvalue weighted by atomic mass is 10.2. The molecule has 96 valence electrons. The highest BCUT2D eigenvalue weighted by Crippen LogP contribution is 2.29. The number of oxazole rings is 1. The first-order valence-corrected chi connectivity index (χ1v) is 7.57. The number of anilines is 1. The van der Waals surface area contributed by atoms with E-state index in [1.807, 2.05) is 17.8 Å². The molecular formula is C14H18N2OS. The Balaban J connectivity index is 1.80. The first-order valence-electron chi connectivity index (χ1n) is 6.52. The molecule has 1 aromatic carbocycles. The van der Waals surface area contributed by atoms with Crippen molar-refractivity contribution in [2.45, 2.75) is 38.0 Å². The molecule has 0 bridgehead atoms. The molecule has 0 radical (unpaired) electrons. The Bertz CT molecular complexity index is 552. The molecule has 1 aliphatic rings. The van der Waals surface area contributed by atoms with Crippen molar-refractivity contribution < 1.29 is 4.42 Å². The number of rotatable bonds is 3. The van der Waals surface area contributed by atoms with Crippen molar-refractivity contribution in [1.29, 1.82) is 0 Å². The van der Waals surface area contributed by atoms with Gasteiger partial charge in [0.05, 0.1) is 0 Å². The van der Waals surface area contributed by atoms with E-state index in [9.17, 15) is 0 Å². The molecule has 2 aromatic rings. The average Bonchev–Trinajstić information content (AvgIpc) is 2.94. The first-order chi connectivity index (χ1) is 8.74. The summed E-state index contributed by atoms with van der Waals surface area (Å²) in [4.78, 5) is 4.47. The van der Waals surface area contributed by atoms with Crippen LogP contribution in [0.2, 0.25) is 0 Å². The Hall–Kier alpha value is -1.16. The highest BCUT2D eigenvalue weighted by atomic mass is 32.2. The van der Waals surface area contributed by atoms with Gasteiger partial charge in [-0.25, -0.2) is 4.98 Å². The van der Waals surface area contributed by atoms with E-state index >= 15 is 0 Å². The zero-order valence-corrected chi connectivity index (χ0v) is 11.6. The summed E-state index contributed by atoms with van der Waals surface area (Å²) in [5, 5.41) is 4.36. The van der Waals surface area contributed by atoms with Crippen LogP contribution in [0.4, 0.5) is 5.69 Å². The second-order valence-corrected chi connectivity index (χ2v) is 6.34. The minimum atomic E-state index is 0.583. The number of aromatic nitrogens is 1. The topological polar surface area (TPSA) is 38.1 Å². The van der Waals surface area contributed by atoms with E-state index in [0.717, 1.165) is 34.3 Å². The molecule has 3 rings (SSSR count). The lowest BCUT2D eigenvalue weighted by molar-refractivity contribution is 0.538. The van der Waals surface area contributed by atoms with Crippen molar-refractivity contribution in [3.63, 3.8) is 0 Å². The summed E-state index contributed by atoms with van der Waals surface area (Å²) in [5.74, 6) is 2.00. The standard InChI is InChI=1S/C14H18N2OS/c1-3-14-16-12-7-10(4-5-13(12)17-14)15-11-6-9(2)18-8-11/h4-5,7,9,11,15H,3,6,8H2,1-2H3. The number of benzene rings is 1. The molecule has 1 fully saturated rings. The van der Waals surface area contributed by atoms with Gasteiger partial charge in [0, 0.05) is 29.2 Å². The predicted octanol–water partition coefficient (Wildman–Crippen LogP) is 3.70. The minimum Gasteiger partial charge on any atom is -0.441 e. The van der Waals surface area contributed by atoms with Gasteiger partial charge in [-0.1, -0.05) is 13.8 Å². The monoisotopic (exact) mass is 262 g/mol. The maximum Gasteiger partial charge on any atom is 0.195 e. The Morgan fingerprint density at radius 2 is 2.39 bits per heavy atom. The molecule has 1 saturated heterocycles. The number of hydrogen-bond donors (Lipinski definition) is 1. The molecule has 2 heterocycles. The Morgan fingerprint density at radius 1 is 1.50 bits per heavy atom. The molecule has 0 saturated carbocycles. The first kappa shape index (κ1) is 11.9. The van der Waals surface area contributed by atoms with Crippen molar-refractivity contribution in [2.75, 3.05) is 11.1 Å². The van der Waals surface area contributed by atoms with Crippen LogP contribution in [0.25, 0.3) is 11.1 Å². The van der Waals surface area contributed by atoms with Crippen LogP contribution in [0.15, 0.2) is 22.6 Å². The third-order valence-corrected chi connectivity index (χ3v) is 4.66. The van der Waals surface area contributed by atoms with E-state index in [1.54, 1.807) is 0 Å². The second kappa shape index (κ2) is 4.84. The number of thioether (sulfide) groups is 1. The molecule has 1 N–H and O–H groups in total. The molecule has 18 heavy (non-hydrogen) atoms. The van der Waals surface area contributed by atoms with Gasteiger partial charge in [0.2, 0.25) is 0 Å². The summed E-state index contributed by atoms with van der Waals surface area (Å²) >= 11 is 2.04. The van der Waals surface area contributed by atoms with Crippen molar-refractivity contribution in [3.05, 3.63) is 24.1 Å². The van der Waals surface area contributed by atoms with Gasteiger partial charge >= 0.3 is 0 Å². The van der Waals surface area contributed by atoms with Crippen LogP contribution in [0, 0.1) is 0 Å². The average molecular weight is 262 g/mol. The molecule has 1 aromatic heterocycles. The highest BCUT2D eigenvalue weighted by Gasteiger charge is 2.21. The van der Waals surface area contributed by atoms with Crippen molar-refractivity contribution >= 4 is 28.5 Å². The van der Waals surface area contributed by atoms with Crippen LogP contribution < -0.4 is 5.32 Å². The number of nitrogens with zero attached hydrogens (tertiary/aromatic N) is 1. The van der Waals surface area contributed by atoms with E-state index in [1.165, 1.54) is 12.2 Å². The summed E-state index contributed by atoms with van der Waals surface area (Å²) in [6.07, 6.45) is 2.08. The van der Waals surface area contributed by atoms with E-state index in [-0.39, 0.29) is 0 Å². The molecule has 3 nitrogen and oxygen atoms in total. The normalized spacial score (nSPS) is 23.7. The third-order valence-electron chi connectivity index (χ3n) is 3.30. The lowest BCUT2D eigenvalue weighted by Crippen LogP contribution is -2.18. The fourth-order valence-electron chi connectivity index (χ4n) is 2.37. The second-order valence-electron chi connectivity index (χ2n) is 4.86. The fraction of sp³-hybridized carbons (Fsp3) is 0.500. The van der Waals surface area contributed by atoms with E-state index in [0.29, 0.717) is 6.04 Å². The maximum atomic E-state index is 5.62. The maximum absolute atomic E-state index is 5.62. The minimum absolute atomic E-state index is 0.583. The van der Waals surface area contributed by atoms with E-state index in [2.05, 4.69) is 36.3 Å². The van der Waals surface area contributed by atoms with Crippen molar-refractivity contribution in [1.82, 2.24) is 4.98 Å². The fourth-order valence-corrected chi connectivity index (χ4v) is 3.52. The number of fused-ring (bicyclic) bond motifs is 1. The molecule has 2 unspecified atom stereocenters. The zero-order valence-electron chi connectivity index (χ0n) is 10.8.